The lowest BCUT2D eigenvalue weighted by Crippen LogP contribution is -2.36. The molecule has 0 aromatic heterocycles. The van der Waals surface area contributed by atoms with Crippen molar-refractivity contribution in [3.8, 4) is 0 Å². The summed E-state index contributed by atoms with van der Waals surface area (Å²) in [7, 11) is 0. The van der Waals surface area contributed by atoms with Gasteiger partial charge in [-0.05, 0) is 19.4 Å². The first-order valence-electron chi connectivity index (χ1n) is 3.54. The van der Waals surface area contributed by atoms with Crippen molar-refractivity contribution in [3.05, 3.63) is 5.92 Å². The molecule has 0 aromatic rings. The molecule has 1 saturated heterocycles. The van der Waals surface area contributed by atoms with Crippen LogP contribution in [0.5, 0.6) is 0 Å². The Hall–Kier alpha value is -0.110. The highest BCUT2D eigenvalue weighted by molar-refractivity contribution is 5.00. The minimum atomic E-state index is -0.677. The van der Waals surface area contributed by atoms with Gasteiger partial charge in [0.2, 0.25) is 0 Å². The van der Waals surface area contributed by atoms with Gasteiger partial charge in [0.15, 0.2) is 0 Å². The quantitative estimate of drug-likeness (QED) is 0.564. The number of rotatable bonds is 1. The maximum Gasteiger partial charge on any atom is 0.119 e. The van der Waals surface area contributed by atoms with Gasteiger partial charge in [0, 0.05) is 12.5 Å². The van der Waals surface area contributed by atoms with Gasteiger partial charge < -0.3 is 5.32 Å². The van der Waals surface area contributed by atoms with E-state index >= 15 is 0 Å². The van der Waals surface area contributed by atoms with Gasteiger partial charge in [0.25, 0.3) is 0 Å². The van der Waals surface area contributed by atoms with Crippen LogP contribution in [-0.2, 0) is 0 Å². The second kappa shape index (κ2) is 3.16. The maximum atomic E-state index is 12.7. The first-order chi connectivity index (χ1) is 4.34. The summed E-state index contributed by atoms with van der Waals surface area (Å²) in [4.78, 5) is 0. The zero-order valence-electron chi connectivity index (χ0n) is 5.78. The van der Waals surface area contributed by atoms with E-state index in [1.54, 1.807) is 0 Å². The first-order valence-corrected chi connectivity index (χ1v) is 3.54. The summed E-state index contributed by atoms with van der Waals surface area (Å²) in [5.74, 6) is 1.08. The van der Waals surface area contributed by atoms with E-state index in [9.17, 15) is 4.39 Å². The molecule has 1 N–H and O–H groups in total. The monoisotopic (exact) mass is 130 g/mol. The molecule has 1 heterocycles. The molecule has 0 amide bonds. The fraction of sp³-hybridized carbons (Fsp3) is 0.857. The summed E-state index contributed by atoms with van der Waals surface area (Å²) in [5.41, 5.74) is 0. The lowest BCUT2D eigenvalue weighted by atomic mass is 9.94. The molecule has 2 heteroatoms. The van der Waals surface area contributed by atoms with Crippen molar-refractivity contribution in [2.24, 2.45) is 0 Å². The van der Waals surface area contributed by atoms with Crippen molar-refractivity contribution < 1.29 is 4.39 Å². The fourth-order valence-electron chi connectivity index (χ4n) is 1.18. The summed E-state index contributed by atoms with van der Waals surface area (Å²) in [6, 6.07) is 0. The molecule has 1 atom stereocenters. The van der Waals surface area contributed by atoms with Crippen LogP contribution in [0.2, 0.25) is 0 Å². The second-order valence-corrected chi connectivity index (χ2v) is 2.43. The van der Waals surface area contributed by atoms with Crippen LogP contribution in [0.25, 0.3) is 0 Å². The van der Waals surface area contributed by atoms with Gasteiger partial charge in [-0.2, -0.15) is 0 Å². The number of hydrogen-bond donors (Lipinski definition) is 1. The minimum absolute atomic E-state index is 0.531. The van der Waals surface area contributed by atoms with Gasteiger partial charge in [-0.25, -0.2) is 4.39 Å². The van der Waals surface area contributed by atoms with E-state index < -0.39 is 6.17 Å². The Kier molecular flexibility index (Phi) is 2.46. The van der Waals surface area contributed by atoms with Gasteiger partial charge in [0.05, 0.1) is 0 Å². The Balaban J connectivity index is 2.30. The van der Waals surface area contributed by atoms with Crippen LogP contribution in [0, 0.1) is 5.92 Å². The summed E-state index contributed by atoms with van der Waals surface area (Å²) < 4.78 is 12.7. The molecule has 0 aromatic carbocycles. The Morgan fingerprint density at radius 2 is 2.56 bits per heavy atom. The third-order valence-electron chi connectivity index (χ3n) is 1.84. The second-order valence-electron chi connectivity index (χ2n) is 2.43. The van der Waals surface area contributed by atoms with Crippen molar-refractivity contribution in [2.45, 2.75) is 25.9 Å². The highest BCUT2D eigenvalue weighted by Gasteiger charge is 2.22. The van der Waals surface area contributed by atoms with Gasteiger partial charge in [-0.3, -0.25) is 0 Å². The van der Waals surface area contributed by atoms with Crippen molar-refractivity contribution in [1.29, 1.82) is 0 Å². The number of hydrogen-bond acceptors (Lipinski definition) is 1. The Labute approximate surface area is 55.6 Å². The Morgan fingerprint density at radius 1 is 1.78 bits per heavy atom. The van der Waals surface area contributed by atoms with Crippen molar-refractivity contribution >= 4 is 0 Å². The van der Waals surface area contributed by atoms with E-state index in [0.29, 0.717) is 6.54 Å². The van der Waals surface area contributed by atoms with Crippen LogP contribution in [-0.4, -0.2) is 19.3 Å². The third-order valence-corrected chi connectivity index (χ3v) is 1.84. The summed E-state index contributed by atoms with van der Waals surface area (Å²) in [5, 5.41) is 3.00. The van der Waals surface area contributed by atoms with E-state index in [-0.39, 0.29) is 0 Å². The predicted molar refractivity (Wildman–Crippen MR) is 35.9 cm³/mol. The molecular formula is C7H13FN. The Morgan fingerprint density at radius 3 is 3.00 bits per heavy atom. The van der Waals surface area contributed by atoms with E-state index in [4.69, 9.17) is 0 Å². The lowest BCUT2D eigenvalue weighted by molar-refractivity contribution is 0.284. The zero-order valence-corrected chi connectivity index (χ0v) is 5.78. The smallest absolute Gasteiger partial charge is 0.119 e. The molecule has 1 rings (SSSR count). The normalized spacial score (nSPS) is 30.7. The van der Waals surface area contributed by atoms with Crippen LogP contribution in [0.4, 0.5) is 4.39 Å². The van der Waals surface area contributed by atoms with Crippen molar-refractivity contribution in [3.63, 3.8) is 0 Å². The summed E-state index contributed by atoms with van der Waals surface area (Å²) in [6.07, 6.45) is 1.16. The third kappa shape index (κ3) is 1.65. The molecule has 53 valence electrons. The first kappa shape index (κ1) is 7.00. The zero-order chi connectivity index (χ0) is 6.69. The molecule has 1 aliphatic heterocycles. The number of halogens is 1. The molecule has 9 heavy (non-hydrogen) atoms. The summed E-state index contributed by atoms with van der Waals surface area (Å²) >= 11 is 0. The number of piperidine rings is 1. The van der Waals surface area contributed by atoms with Gasteiger partial charge >= 0.3 is 0 Å². The number of alkyl halides is 1. The van der Waals surface area contributed by atoms with Crippen molar-refractivity contribution in [2.75, 3.05) is 13.1 Å². The average molecular weight is 130 g/mol. The molecule has 0 bridgehead atoms. The van der Waals surface area contributed by atoms with E-state index in [1.165, 1.54) is 0 Å². The molecule has 0 saturated carbocycles. The van der Waals surface area contributed by atoms with Crippen LogP contribution in [0.1, 0.15) is 19.8 Å². The van der Waals surface area contributed by atoms with Crippen LogP contribution in [0.15, 0.2) is 0 Å². The van der Waals surface area contributed by atoms with E-state index in [2.05, 4.69) is 5.32 Å². The molecular weight excluding hydrogens is 117 g/mol. The van der Waals surface area contributed by atoms with Gasteiger partial charge in [-0.15, -0.1) is 0 Å². The highest BCUT2D eigenvalue weighted by atomic mass is 19.1. The van der Waals surface area contributed by atoms with Crippen LogP contribution < -0.4 is 5.32 Å². The van der Waals surface area contributed by atoms with Crippen LogP contribution >= 0.6 is 0 Å². The lowest BCUT2D eigenvalue weighted by Gasteiger charge is -2.24. The molecule has 0 unspecified atom stereocenters. The molecule has 1 nitrogen and oxygen atoms in total. The molecule has 1 fully saturated rings. The van der Waals surface area contributed by atoms with Gasteiger partial charge in [-0.1, -0.05) is 6.92 Å². The highest BCUT2D eigenvalue weighted by Crippen LogP contribution is 2.20. The molecule has 1 radical (unpaired) electrons. The topological polar surface area (TPSA) is 12.0 Å². The maximum absolute atomic E-state index is 12.7. The fourth-order valence-corrected chi connectivity index (χ4v) is 1.18. The molecule has 1 aliphatic rings. The SMILES string of the molecule is CC[C]1CCNC[C@H]1F. The predicted octanol–water partition coefficient (Wildman–Crippen LogP) is 1.30. The van der Waals surface area contributed by atoms with Crippen LogP contribution in [0.3, 0.4) is 0 Å². The summed E-state index contributed by atoms with van der Waals surface area (Å²) in [6.45, 7) is 3.51. The largest absolute Gasteiger partial charge is 0.314 e. The van der Waals surface area contributed by atoms with Gasteiger partial charge in [0.1, 0.15) is 6.17 Å². The molecule has 0 spiro atoms. The van der Waals surface area contributed by atoms with Crippen molar-refractivity contribution in [1.82, 2.24) is 5.32 Å². The molecule has 0 aliphatic carbocycles. The standard InChI is InChI=1S/C7H13FN/c1-2-6-3-4-9-5-7(6)8/h7,9H,2-5H2,1H3/t7-/m1/s1. The number of nitrogens with one attached hydrogen (secondary N) is 1. The Bertz CT molecular complexity index is 85.0. The minimum Gasteiger partial charge on any atom is -0.314 e. The average Bonchev–Trinajstić information content (AvgIpc) is 1.89. The van der Waals surface area contributed by atoms with E-state index in [0.717, 1.165) is 25.3 Å². The van der Waals surface area contributed by atoms with E-state index in [1.807, 2.05) is 6.92 Å².